The molecule has 0 heterocycles. The smallest absolute Gasteiger partial charge is 0.187 e. The Morgan fingerprint density at radius 2 is 2.15 bits per heavy atom. The van der Waals surface area contributed by atoms with E-state index in [1.165, 1.54) is 6.07 Å². The second-order valence-corrected chi connectivity index (χ2v) is 4.13. The molecule has 2 N–H and O–H groups in total. The lowest BCUT2D eigenvalue weighted by molar-refractivity contribution is 0.271. The molecule has 0 saturated carbocycles. The van der Waals surface area contributed by atoms with Crippen LogP contribution in [0.15, 0.2) is 21.5 Å². The van der Waals surface area contributed by atoms with Crippen LogP contribution in [0.5, 0.6) is 0 Å². The summed E-state index contributed by atoms with van der Waals surface area (Å²) >= 11 is 0.686. The molecule has 0 aliphatic heterocycles. The van der Waals surface area contributed by atoms with Gasteiger partial charge in [0, 0.05) is 10.0 Å². The first-order chi connectivity index (χ1) is 6.06. The van der Waals surface area contributed by atoms with Crippen molar-refractivity contribution in [1.29, 1.82) is 0 Å². The van der Waals surface area contributed by atoms with Crippen molar-refractivity contribution in [2.24, 2.45) is 0 Å². The van der Waals surface area contributed by atoms with Gasteiger partial charge in [0.25, 0.3) is 0 Å². The second kappa shape index (κ2) is 4.28. The van der Waals surface area contributed by atoms with E-state index in [2.05, 4.69) is 15.9 Å². The lowest BCUT2D eigenvalue weighted by Crippen LogP contribution is -2.00. The van der Waals surface area contributed by atoms with E-state index in [9.17, 15) is 8.60 Å². The molecule has 3 nitrogen and oxygen atoms in total. The predicted molar refractivity (Wildman–Crippen MR) is 49.1 cm³/mol. The Kier molecular flexibility index (Phi) is 3.55. The first-order valence-electron chi connectivity index (χ1n) is 3.26. The Hall–Kier alpha value is -0.300. The van der Waals surface area contributed by atoms with Gasteiger partial charge in [0.05, 0.1) is 11.5 Å². The normalized spacial score (nSPS) is 12.9. The molecule has 1 aromatic carbocycles. The van der Waals surface area contributed by atoms with Gasteiger partial charge in [-0.2, -0.15) is 0 Å². The molecule has 1 aromatic rings. The van der Waals surface area contributed by atoms with Gasteiger partial charge in [0.15, 0.2) is 11.1 Å². The van der Waals surface area contributed by atoms with Crippen LogP contribution in [-0.4, -0.2) is 13.9 Å². The number of rotatable bonds is 2. The molecule has 0 amide bonds. The Bertz CT molecular complexity index is 356. The zero-order valence-corrected chi connectivity index (χ0v) is 8.73. The Morgan fingerprint density at radius 3 is 2.62 bits per heavy atom. The standard InChI is InChI=1S/C7H6BrFO3S/c8-4-1-6(9)5(3-10)7(2-4)13(11)12/h1-2,10H,3H2,(H,11,12). The van der Waals surface area contributed by atoms with Gasteiger partial charge in [0.1, 0.15) is 5.82 Å². The maximum absolute atomic E-state index is 13.0. The van der Waals surface area contributed by atoms with Crippen LogP contribution in [0, 0.1) is 5.82 Å². The van der Waals surface area contributed by atoms with E-state index in [4.69, 9.17) is 9.66 Å². The van der Waals surface area contributed by atoms with Crippen LogP contribution in [0.2, 0.25) is 0 Å². The van der Waals surface area contributed by atoms with Crippen molar-refractivity contribution in [3.05, 3.63) is 28.0 Å². The van der Waals surface area contributed by atoms with Crippen LogP contribution in [0.1, 0.15) is 5.56 Å². The minimum Gasteiger partial charge on any atom is -0.392 e. The lowest BCUT2D eigenvalue weighted by atomic mass is 10.2. The zero-order chi connectivity index (χ0) is 10.0. The van der Waals surface area contributed by atoms with Crippen molar-refractivity contribution in [2.45, 2.75) is 11.5 Å². The van der Waals surface area contributed by atoms with Gasteiger partial charge in [0.2, 0.25) is 0 Å². The minimum absolute atomic E-state index is 0.116. The molecule has 0 fully saturated rings. The molecule has 0 radical (unpaired) electrons. The van der Waals surface area contributed by atoms with E-state index in [1.807, 2.05) is 0 Å². The zero-order valence-electron chi connectivity index (χ0n) is 6.33. The van der Waals surface area contributed by atoms with E-state index >= 15 is 0 Å². The van der Waals surface area contributed by atoms with Crippen molar-refractivity contribution < 1.29 is 18.3 Å². The van der Waals surface area contributed by atoms with Crippen LogP contribution in [-0.2, 0) is 17.7 Å². The molecule has 0 aromatic heterocycles. The third kappa shape index (κ3) is 2.34. The van der Waals surface area contributed by atoms with Gasteiger partial charge < -0.3 is 9.66 Å². The number of aliphatic hydroxyl groups is 1. The minimum atomic E-state index is -2.29. The van der Waals surface area contributed by atoms with Crippen LogP contribution < -0.4 is 0 Å². The van der Waals surface area contributed by atoms with E-state index in [0.29, 0.717) is 4.47 Å². The summed E-state index contributed by atoms with van der Waals surface area (Å²) in [5.74, 6) is -0.700. The highest BCUT2D eigenvalue weighted by atomic mass is 79.9. The first-order valence-corrected chi connectivity index (χ1v) is 5.16. The van der Waals surface area contributed by atoms with Crippen molar-refractivity contribution >= 4 is 27.0 Å². The van der Waals surface area contributed by atoms with Gasteiger partial charge in [-0.25, -0.2) is 8.60 Å². The fourth-order valence-corrected chi connectivity index (χ4v) is 2.07. The van der Waals surface area contributed by atoms with Gasteiger partial charge in [-0.1, -0.05) is 15.9 Å². The molecule has 0 aliphatic carbocycles. The van der Waals surface area contributed by atoms with Crippen molar-refractivity contribution in [2.75, 3.05) is 0 Å². The van der Waals surface area contributed by atoms with Gasteiger partial charge >= 0.3 is 0 Å². The molecule has 1 atom stereocenters. The lowest BCUT2D eigenvalue weighted by Gasteiger charge is -2.05. The highest BCUT2D eigenvalue weighted by Gasteiger charge is 2.13. The third-order valence-corrected chi connectivity index (χ3v) is 2.66. The number of benzene rings is 1. The van der Waals surface area contributed by atoms with E-state index in [-0.39, 0.29) is 10.5 Å². The molecule has 72 valence electrons. The third-order valence-electron chi connectivity index (χ3n) is 1.47. The van der Waals surface area contributed by atoms with E-state index in [1.54, 1.807) is 0 Å². The highest BCUT2D eigenvalue weighted by Crippen LogP contribution is 2.22. The maximum Gasteiger partial charge on any atom is 0.187 e. The topological polar surface area (TPSA) is 57.5 Å². The van der Waals surface area contributed by atoms with Crippen molar-refractivity contribution in [1.82, 2.24) is 0 Å². The Balaban J connectivity index is 3.38. The fourth-order valence-electron chi connectivity index (χ4n) is 0.889. The number of hydrogen-bond acceptors (Lipinski definition) is 2. The summed E-state index contributed by atoms with van der Waals surface area (Å²) in [6.07, 6.45) is 0. The summed E-state index contributed by atoms with van der Waals surface area (Å²) in [5, 5.41) is 8.74. The van der Waals surface area contributed by atoms with Gasteiger partial charge in [-0.05, 0) is 12.1 Å². The largest absolute Gasteiger partial charge is 0.392 e. The van der Waals surface area contributed by atoms with Crippen molar-refractivity contribution in [3.63, 3.8) is 0 Å². The average molecular weight is 269 g/mol. The number of aliphatic hydroxyl groups excluding tert-OH is 1. The molecular weight excluding hydrogens is 263 g/mol. The summed E-state index contributed by atoms with van der Waals surface area (Å²) < 4.78 is 32.9. The summed E-state index contributed by atoms with van der Waals surface area (Å²) in [4.78, 5) is -0.116. The maximum atomic E-state index is 13.0. The molecule has 0 bridgehead atoms. The summed E-state index contributed by atoms with van der Waals surface area (Å²) in [6.45, 7) is -0.596. The summed E-state index contributed by atoms with van der Waals surface area (Å²) in [5.41, 5.74) is -0.149. The van der Waals surface area contributed by atoms with Gasteiger partial charge in [-0.3, -0.25) is 0 Å². The van der Waals surface area contributed by atoms with Gasteiger partial charge in [-0.15, -0.1) is 0 Å². The molecular formula is C7H6BrFO3S. The van der Waals surface area contributed by atoms with E-state index in [0.717, 1.165) is 6.07 Å². The quantitative estimate of drug-likeness (QED) is 0.803. The molecule has 1 rings (SSSR count). The summed E-state index contributed by atoms with van der Waals surface area (Å²) in [7, 11) is 0. The molecule has 13 heavy (non-hydrogen) atoms. The SMILES string of the molecule is O=S(O)c1cc(Br)cc(F)c1CO. The number of hydrogen-bond donors (Lipinski definition) is 2. The van der Waals surface area contributed by atoms with E-state index < -0.39 is 23.5 Å². The number of halogens is 2. The Morgan fingerprint density at radius 1 is 1.54 bits per heavy atom. The average Bonchev–Trinajstić information content (AvgIpc) is 2.02. The molecule has 0 spiro atoms. The Labute approximate surface area is 85.0 Å². The van der Waals surface area contributed by atoms with Crippen LogP contribution in [0.4, 0.5) is 4.39 Å². The molecule has 6 heteroatoms. The highest BCUT2D eigenvalue weighted by molar-refractivity contribution is 9.10. The molecule has 0 aliphatic rings. The van der Waals surface area contributed by atoms with Crippen LogP contribution >= 0.6 is 15.9 Å². The predicted octanol–water partition coefficient (Wildman–Crippen LogP) is 1.66. The second-order valence-electron chi connectivity index (χ2n) is 2.27. The summed E-state index contributed by atoms with van der Waals surface area (Å²) in [6, 6.07) is 2.42. The van der Waals surface area contributed by atoms with Crippen molar-refractivity contribution in [3.8, 4) is 0 Å². The fraction of sp³-hybridized carbons (Fsp3) is 0.143. The van der Waals surface area contributed by atoms with Crippen LogP contribution in [0.25, 0.3) is 0 Å². The molecule has 1 unspecified atom stereocenters. The monoisotopic (exact) mass is 268 g/mol. The van der Waals surface area contributed by atoms with Crippen LogP contribution in [0.3, 0.4) is 0 Å². The first kappa shape index (κ1) is 10.8. The molecule has 0 saturated heterocycles.